The van der Waals surface area contributed by atoms with Crippen molar-refractivity contribution in [2.24, 2.45) is 5.92 Å². The molecule has 0 radical (unpaired) electrons. The number of hydrogen-bond acceptors (Lipinski definition) is 4. The standard InChI is InChI=1S/C19H25N3O2/c1-3-17-11-18(21-24-17)19(23)20-12-15-6-8-16(9-7-15)22-10-4-5-14(2)13-22/h6-9,11,14H,3-5,10,12-13H2,1-2H3,(H,20,23)/t14-/m1/s1. The Morgan fingerprint density at radius 3 is 2.83 bits per heavy atom. The summed E-state index contributed by atoms with van der Waals surface area (Å²) in [6, 6.07) is 10.1. The van der Waals surface area contributed by atoms with Gasteiger partial charge in [-0.3, -0.25) is 4.79 Å². The minimum Gasteiger partial charge on any atom is -0.371 e. The Morgan fingerprint density at radius 1 is 1.38 bits per heavy atom. The van der Waals surface area contributed by atoms with Gasteiger partial charge in [0, 0.05) is 37.8 Å². The van der Waals surface area contributed by atoms with E-state index in [1.165, 1.54) is 18.5 Å². The number of anilines is 1. The molecule has 5 heteroatoms. The summed E-state index contributed by atoms with van der Waals surface area (Å²) < 4.78 is 5.06. The zero-order valence-electron chi connectivity index (χ0n) is 14.4. The average Bonchev–Trinajstić information content (AvgIpc) is 3.09. The molecule has 1 aromatic heterocycles. The second-order valence-electron chi connectivity index (χ2n) is 6.57. The number of aryl methyl sites for hydroxylation is 1. The van der Waals surface area contributed by atoms with Crippen molar-refractivity contribution in [2.45, 2.75) is 39.7 Å². The van der Waals surface area contributed by atoms with Gasteiger partial charge in [-0.15, -0.1) is 0 Å². The van der Waals surface area contributed by atoms with Crippen LogP contribution in [0.5, 0.6) is 0 Å². The maximum absolute atomic E-state index is 12.1. The van der Waals surface area contributed by atoms with Crippen LogP contribution in [0.3, 0.4) is 0 Å². The Labute approximate surface area is 143 Å². The lowest BCUT2D eigenvalue weighted by molar-refractivity contribution is 0.0941. The minimum absolute atomic E-state index is 0.201. The van der Waals surface area contributed by atoms with E-state index >= 15 is 0 Å². The third-order valence-electron chi connectivity index (χ3n) is 4.55. The lowest BCUT2D eigenvalue weighted by Crippen LogP contribution is -2.34. The molecule has 5 nitrogen and oxygen atoms in total. The Bertz CT molecular complexity index is 678. The number of amides is 1. The first-order chi connectivity index (χ1) is 11.7. The van der Waals surface area contributed by atoms with Crippen molar-refractivity contribution < 1.29 is 9.32 Å². The predicted molar refractivity (Wildman–Crippen MR) is 94.1 cm³/mol. The highest BCUT2D eigenvalue weighted by Gasteiger charge is 2.16. The molecule has 0 saturated carbocycles. The summed E-state index contributed by atoms with van der Waals surface area (Å²) in [7, 11) is 0. The van der Waals surface area contributed by atoms with Crippen molar-refractivity contribution in [1.29, 1.82) is 0 Å². The quantitative estimate of drug-likeness (QED) is 0.914. The Hall–Kier alpha value is -2.30. The van der Waals surface area contributed by atoms with Gasteiger partial charge in [0.15, 0.2) is 5.69 Å². The van der Waals surface area contributed by atoms with Crippen LogP contribution in [0.25, 0.3) is 0 Å². The molecule has 2 heterocycles. The van der Waals surface area contributed by atoms with Crippen LogP contribution in [0, 0.1) is 5.92 Å². The molecule has 1 aliphatic rings. The fourth-order valence-electron chi connectivity index (χ4n) is 3.11. The highest BCUT2D eigenvalue weighted by molar-refractivity contribution is 5.92. The maximum Gasteiger partial charge on any atom is 0.273 e. The van der Waals surface area contributed by atoms with Gasteiger partial charge in [-0.1, -0.05) is 31.1 Å². The summed E-state index contributed by atoms with van der Waals surface area (Å²) in [5, 5.41) is 6.67. The van der Waals surface area contributed by atoms with Gasteiger partial charge >= 0.3 is 0 Å². The topological polar surface area (TPSA) is 58.4 Å². The zero-order chi connectivity index (χ0) is 16.9. The van der Waals surface area contributed by atoms with Crippen molar-refractivity contribution in [3.8, 4) is 0 Å². The third kappa shape index (κ3) is 3.96. The molecule has 1 atom stereocenters. The molecule has 1 N–H and O–H groups in total. The van der Waals surface area contributed by atoms with Gasteiger partial charge in [-0.25, -0.2) is 0 Å². The molecule has 128 valence electrons. The number of rotatable bonds is 5. The summed E-state index contributed by atoms with van der Waals surface area (Å²) >= 11 is 0. The lowest BCUT2D eigenvalue weighted by atomic mass is 9.99. The van der Waals surface area contributed by atoms with E-state index in [1.807, 2.05) is 6.92 Å². The molecule has 1 amide bonds. The van der Waals surface area contributed by atoms with Crippen molar-refractivity contribution >= 4 is 11.6 Å². The molecule has 0 unspecified atom stereocenters. The monoisotopic (exact) mass is 327 g/mol. The van der Waals surface area contributed by atoms with Gasteiger partial charge in [0.1, 0.15) is 5.76 Å². The van der Waals surface area contributed by atoms with Gasteiger partial charge in [-0.05, 0) is 36.5 Å². The van der Waals surface area contributed by atoms with Gasteiger partial charge in [0.2, 0.25) is 0 Å². The number of hydrogen-bond donors (Lipinski definition) is 1. The van der Waals surface area contributed by atoms with E-state index < -0.39 is 0 Å². The third-order valence-corrected chi connectivity index (χ3v) is 4.55. The average molecular weight is 327 g/mol. The number of benzene rings is 1. The van der Waals surface area contributed by atoms with Crippen LogP contribution in [0.4, 0.5) is 5.69 Å². The van der Waals surface area contributed by atoms with E-state index in [-0.39, 0.29) is 5.91 Å². The lowest BCUT2D eigenvalue weighted by Gasteiger charge is -2.32. The second kappa shape index (κ2) is 7.51. The van der Waals surface area contributed by atoms with Gasteiger partial charge in [-0.2, -0.15) is 0 Å². The minimum atomic E-state index is -0.201. The highest BCUT2D eigenvalue weighted by Crippen LogP contribution is 2.23. The molecule has 24 heavy (non-hydrogen) atoms. The summed E-state index contributed by atoms with van der Waals surface area (Å²) in [5.41, 5.74) is 2.68. The predicted octanol–water partition coefficient (Wildman–Crippen LogP) is 3.40. The van der Waals surface area contributed by atoms with Crippen LogP contribution in [-0.2, 0) is 13.0 Å². The molecular formula is C19H25N3O2. The Morgan fingerprint density at radius 2 is 2.17 bits per heavy atom. The number of nitrogens with zero attached hydrogens (tertiary/aromatic N) is 2. The van der Waals surface area contributed by atoms with E-state index in [2.05, 4.69) is 46.6 Å². The number of carbonyl (C=O) groups is 1. The largest absolute Gasteiger partial charge is 0.371 e. The van der Waals surface area contributed by atoms with E-state index in [9.17, 15) is 4.79 Å². The molecule has 1 saturated heterocycles. The normalized spacial score (nSPS) is 17.8. The zero-order valence-corrected chi connectivity index (χ0v) is 14.4. The maximum atomic E-state index is 12.1. The van der Waals surface area contributed by atoms with E-state index in [0.717, 1.165) is 36.8 Å². The van der Waals surface area contributed by atoms with E-state index in [4.69, 9.17) is 4.52 Å². The molecule has 0 aliphatic carbocycles. The van der Waals surface area contributed by atoms with E-state index in [0.29, 0.717) is 12.2 Å². The first-order valence-electron chi connectivity index (χ1n) is 8.73. The van der Waals surface area contributed by atoms with Gasteiger partial charge in [0.25, 0.3) is 5.91 Å². The molecular weight excluding hydrogens is 302 g/mol. The number of nitrogens with one attached hydrogen (secondary N) is 1. The first kappa shape index (κ1) is 16.6. The smallest absolute Gasteiger partial charge is 0.273 e. The van der Waals surface area contributed by atoms with Crippen LogP contribution >= 0.6 is 0 Å². The van der Waals surface area contributed by atoms with Crippen LogP contribution in [0.2, 0.25) is 0 Å². The van der Waals surface area contributed by atoms with Crippen molar-refractivity contribution in [3.63, 3.8) is 0 Å². The van der Waals surface area contributed by atoms with Crippen molar-refractivity contribution in [2.75, 3.05) is 18.0 Å². The number of aromatic nitrogens is 1. The second-order valence-corrected chi connectivity index (χ2v) is 6.57. The fourth-order valence-corrected chi connectivity index (χ4v) is 3.11. The number of carbonyl (C=O) groups excluding carboxylic acids is 1. The van der Waals surface area contributed by atoms with Gasteiger partial charge < -0.3 is 14.7 Å². The van der Waals surface area contributed by atoms with Crippen LogP contribution in [0.15, 0.2) is 34.9 Å². The van der Waals surface area contributed by atoms with Crippen molar-refractivity contribution in [3.05, 3.63) is 47.3 Å². The molecule has 3 rings (SSSR count). The summed E-state index contributed by atoms with van der Waals surface area (Å²) in [6.07, 6.45) is 3.32. The summed E-state index contributed by atoms with van der Waals surface area (Å²) in [5.74, 6) is 1.28. The molecule has 0 spiro atoms. The molecule has 1 aliphatic heterocycles. The van der Waals surface area contributed by atoms with Crippen molar-refractivity contribution in [1.82, 2.24) is 10.5 Å². The highest BCUT2D eigenvalue weighted by atomic mass is 16.5. The van der Waals surface area contributed by atoms with Crippen LogP contribution in [-0.4, -0.2) is 24.2 Å². The Balaban J connectivity index is 1.55. The molecule has 1 fully saturated rings. The summed E-state index contributed by atoms with van der Waals surface area (Å²) in [4.78, 5) is 14.5. The van der Waals surface area contributed by atoms with Gasteiger partial charge in [0.05, 0.1) is 0 Å². The molecule has 0 bridgehead atoms. The number of piperidine rings is 1. The fraction of sp³-hybridized carbons (Fsp3) is 0.474. The van der Waals surface area contributed by atoms with E-state index in [1.54, 1.807) is 6.07 Å². The van der Waals surface area contributed by atoms with Crippen LogP contribution < -0.4 is 10.2 Å². The summed E-state index contributed by atoms with van der Waals surface area (Å²) in [6.45, 7) is 7.02. The SMILES string of the molecule is CCc1cc(C(=O)NCc2ccc(N3CCC[C@@H](C)C3)cc2)no1. The Kier molecular flexibility index (Phi) is 5.18. The molecule has 2 aromatic rings. The molecule has 1 aromatic carbocycles. The first-order valence-corrected chi connectivity index (χ1v) is 8.73. The van der Waals surface area contributed by atoms with Crippen LogP contribution in [0.1, 0.15) is 48.5 Å².